The molecule has 0 aromatic heterocycles. The number of ether oxygens (including phenoxy) is 6. The van der Waals surface area contributed by atoms with Crippen LogP contribution < -0.4 is 14.8 Å². The normalized spacial score (nSPS) is 12.7. The number of carboxylic acids is 1. The third-order valence-corrected chi connectivity index (χ3v) is 4.80. The van der Waals surface area contributed by atoms with E-state index in [1.54, 1.807) is 34.6 Å². The Morgan fingerprint density at radius 3 is 1.85 bits per heavy atom. The Bertz CT molecular complexity index is 971. The lowest BCUT2D eigenvalue weighted by atomic mass is 10.0. The number of nitrogens with one attached hydrogen (secondary N) is 1. The molecule has 2 N–H and O–H groups in total. The molecule has 0 amide bonds. The molecular weight excluding hydrogens is 514 g/mol. The topological polar surface area (TPSA) is 156 Å². The number of rotatable bonds is 14. The Morgan fingerprint density at radius 1 is 0.846 bits per heavy atom. The molecule has 12 nitrogen and oxygen atoms in total. The van der Waals surface area contributed by atoms with Crippen molar-refractivity contribution in [1.82, 2.24) is 5.32 Å². The first-order valence-electron chi connectivity index (χ1n) is 13.0. The molecule has 0 bridgehead atoms. The molecule has 0 radical (unpaired) electrons. The highest BCUT2D eigenvalue weighted by molar-refractivity contribution is 5.80. The quantitative estimate of drug-likeness (QED) is 0.0965. The van der Waals surface area contributed by atoms with Gasteiger partial charge in [-0.2, -0.15) is 0 Å². The Morgan fingerprint density at radius 2 is 1.38 bits per heavy atom. The minimum absolute atomic E-state index is 0.119. The molecule has 0 unspecified atom stereocenters. The number of hydrogen-bond donors (Lipinski definition) is 2. The van der Waals surface area contributed by atoms with Crippen LogP contribution >= 0.6 is 0 Å². The van der Waals surface area contributed by atoms with E-state index in [1.807, 2.05) is 13.8 Å². The van der Waals surface area contributed by atoms with Crippen molar-refractivity contribution < 1.29 is 52.7 Å². The molecule has 0 aliphatic heterocycles. The number of carboxylic acid groups (broad SMARTS) is 1. The van der Waals surface area contributed by atoms with Crippen molar-refractivity contribution in [2.45, 2.75) is 97.9 Å². The van der Waals surface area contributed by atoms with Crippen molar-refractivity contribution >= 4 is 24.4 Å². The van der Waals surface area contributed by atoms with Gasteiger partial charge >= 0.3 is 24.4 Å². The van der Waals surface area contributed by atoms with E-state index < -0.39 is 48.2 Å². The lowest BCUT2D eigenvalue weighted by Gasteiger charge is -2.33. The Kier molecular flexibility index (Phi) is 13.5. The maximum absolute atomic E-state index is 12.5. The minimum Gasteiger partial charge on any atom is -0.477 e. The zero-order valence-corrected chi connectivity index (χ0v) is 23.8. The van der Waals surface area contributed by atoms with Crippen molar-refractivity contribution in [3.8, 4) is 11.5 Å². The van der Waals surface area contributed by atoms with Crippen LogP contribution in [0, 0.1) is 0 Å². The molecule has 1 rings (SSSR count). The number of hydrogen-bond acceptors (Lipinski definition) is 11. The summed E-state index contributed by atoms with van der Waals surface area (Å²) in [6.45, 7) is 12.3. The first-order chi connectivity index (χ1) is 18.2. The van der Waals surface area contributed by atoms with Gasteiger partial charge in [-0.05, 0) is 65.2 Å². The zero-order chi connectivity index (χ0) is 29.6. The molecule has 220 valence electrons. The fourth-order valence-corrected chi connectivity index (χ4v) is 3.13. The van der Waals surface area contributed by atoms with Crippen LogP contribution in [0.1, 0.15) is 79.7 Å². The van der Waals surface area contributed by atoms with E-state index in [9.17, 15) is 24.3 Å². The first kappa shape index (κ1) is 33.5. The third-order valence-electron chi connectivity index (χ3n) is 4.80. The average Bonchev–Trinajstić information content (AvgIpc) is 2.79. The van der Waals surface area contributed by atoms with Crippen LogP contribution in [0.4, 0.5) is 14.4 Å². The molecule has 0 spiro atoms. The summed E-state index contributed by atoms with van der Waals surface area (Å²) in [5.74, 6) is -1.86. The highest BCUT2D eigenvalue weighted by Gasteiger charge is 2.45. The van der Waals surface area contributed by atoms with Crippen LogP contribution in [-0.2, 0) is 30.2 Å². The predicted octanol–water partition coefficient (Wildman–Crippen LogP) is 5.59. The molecule has 0 aliphatic carbocycles. The molecule has 12 heteroatoms. The van der Waals surface area contributed by atoms with E-state index in [4.69, 9.17) is 28.4 Å². The molecule has 0 heterocycles. The van der Waals surface area contributed by atoms with E-state index in [0.29, 0.717) is 12.8 Å². The zero-order valence-electron chi connectivity index (χ0n) is 23.8. The summed E-state index contributed by atoms with van der Waals surface area (Å²) in [5.41, 5.74) is -2.91. The second-order valence-electron chi connectivity index (χ2n) is 10.1. The summed E-state index contributed by atoms with van der Waals surface area (Å²) in [6, 6.07) is 3.60. The molecule has 1 aromatic rings. The van der Waals surface area contributed by atoms with Crippen LogP contribution in [0.5, 0.6) is 11.5 Å². The van der Waals surface area contributed by atoms with Crippen molar-refractivity contribution in [2.24, 2.45) is 0 Å². The summed E-state index contributed by atoms with van der Waals surface area (Å²) >= 11 is 0. The average molecular weight is 556 g/mol. The Hall–Kier alpha value is -3.54. The lowest BCUT2D eigenvalue weighted by molar-refractivity contribution is -0.169. The smallest absolute Gasteiger partial charge is 0.477 e. The monoisotopic (exact) mass is 555 g/mol. The number of benzene rings is 1. The fourth-order valence-electron chi connectivity index (χ4n) is 3.13. The second kappa shape index (κ2) is 15.8. The standard InChI is InChI=1S/C27H41NO11/c1-8-10-14-34-23(31)36-20-13-12-19(16-21(20)37-24(32)35-15-11-9-2)17-27(22(29)30,28-18(3)4)39-25(33)38-26(5,6)7/h12-13,16,18,28H,8-11,14-15,17H2,1-7H3,(H,29,30)/t27-/m0/s1. The van der Waals surface area contributed by atoms with E-state index in [2.05, 4.69) is 5.32 Å². The van der Waals surface area contributed by atoms with Gasteiger partial charge in [0.15, 0.2) is 11.5 Å². The van der Waals surface area contributed by atoms with Crippen molar-refractivity contribution in [2.75, 3.05) is 13.2 Å². The summed E-state index contributed by atoms with van der Waals surface area (Å²) in [4.78, 5) is 49.3. The molecule has 0 saturated carbocycles. The van der Waals surface area contributed by atoms with Gasteiger partial charge in [0.1, 0.15) is 5.60 Å². The lowest BCUT2D eigenvalue weighted by Crippen LogP contribution is -2.59. The van der Waals surface area contributed by atoms with Crippen molar-refractivity contribution in [3.05, 3.63) is 23.8 Å². The van der Waals surface area contributed by atoms with Gasteiger partial charge in [-0.3, -0.25) is 5.32 Å². The molecule has 0 saturated heterocycles. The Balaban J connectivity index is 3.35. The molecule has 39 heavy (non-hydrogen) atoms. The predicted molar refractivity (Wildman–Crippen MR) is 140 cm³/mol. The number of aliphatic carboxylic acids is 1. The molecule has 1 atom stereocenters. The SMILES string of the molecule is CCCCOC(=O)Oc1ccc(C[C@](NC(C)C)(OC(=O)OC(C)(C)C)C(=O)O)cc1OC(=O)OCCCC. The van der Waals surface area contributed by atoms with E-state index in [-0.39, 0.29) is 30.3 Å². The van der Waals surface area contributed by atoms with Crippen LogP contribution in [0.25, 0.3) is 0 Å². The third kappa shape index (κ3) is 12.7. The molecule has 0 aliphatic rings. The summed E-state index contributed by atoms with van der Waals surface area (Å²) in [7, 11) is 0. The summed E-state index contributed by atoms with van der Waals surface area (Å²) in [5, 5.41) is 12.9. The highest BCUT2D eigenvalue weighted by atomic mass is 16.8. The van der Waals surface area contributed by atoms with Crippen molar-refractivity contribution in [1.29, 1.82) is 0 Å². The maximum atomic E-state index is 12.5. The van der Waals surface area contributed by atoms with E-state index in [1.165, 1.54) is 18.2 Å². The van der Waals surface area contributed by atoms with E-state index >= 15 is 0 Å². The number of unbranched alkanes of at least 4 members (excludes halogenated alkanes) is 2. The van der Waals surface area contributed by atoms with Gasteiger partial charge in [-0.15, -0.1) is 0 Å². The van der Waals surface area contributed by atoms with Gasteiger partial charge in [0.25, 0.3) is 5.72 Å². The Labute approximate surface area is 229 Å². The van der Waals surface area contributed by atoms with Gasteiger partial charge in [0.05, 0.1) is 13.2 Å². The van der Waals surface area contributed by atoms with Crippen LogP contribution in [0.3, 0.4) is 0 Å². The maximum Gasteiger partial charge on any atom is 0.513 e. The van der Waals surface area contributed by atoms with Gasteiger partial charge in [-0.1, -0.05) is 32.8 Å². The molecule has 0 fully saturated rings. The number of carbonyl (C=O) groups excluding carboxylic acids is 3. The van der Waals surface area contributed by atoms with Crippen LogP contribution in [-0.4, -0.2) is 60.1 Å². The first-order valence-corrected chi connectivity index (χ1v) is 13.0. The largest absolute Gasteiger partial charge is 0.513 e. The second-order valence-corrected chi connectivity index (χ2v) is 10.1. The summed E-state index contributed by atoms with van der Waals surface area (Å²) < 4.78 is 31.0. The minimum atomic E-state index is -2.24. The van der Waals surface area contributed by atoms with E-state index in [0.717, 1.165) is 12.8 Å². The van der Waals surface area contributed by atoms with Gasteiger partial charge in [-0.25, -0.2) is 19.2 Å². The molecule has 1 aromatic carbocycles. The molecular formula is C27H41NO11. The fraction of sp³-hybridized carbons (Fsp3) is 0.630. The van der Waals surface area contributed by atoms with Crippen LogP contribution in [0.2, 0.25) is 0 Å². The number of carbonyl (C=O) groups is 4. The van der Waals surface area contributed by atoms with Crippen molar-refractivity contribution in [3.63, 3.8) is 0 Å². The van der Waals surface area contributed by atoms with Gasteiger partial charge < -0.3 is 33.5 Å². The summed E-state index contributed by atoms with van der Waals surface area (Å²) in [6.07, 6.45) is -0.786. The van der Waals surface area contributed by atoms with Gasteiger partial charge in [0, 0.05) is 12.5 Å². The van der Waals surface area contributed by atoms with Crippen LogP contribution in [0.15, 0.2) is 18.2 Å². The highest BCUT2D eigenvalue weighted by Crippen LogP contribution is 2.31. The van der Waals surface area contributed by atoms with Gasteiger partial charge in [0.2, 0.25) is 0 Å².